The minimum Gasteiger partial charge on any atom is -0.290 e. The monoisotopic (exact) mass is 482 g/mol. The highest BCUT2D eigenvalue weighted by Gasteiger charge is 3.00. The zero-order chi connectivity index (χ0) is 23.9. The Hall–Kier alpha value is -1.34. The summed E-state index contributed by atoms with van der Waals surface area (Å²) in [5.74, 6) is -39.7. The van der Waals surface area contributed by atoms with Gasteiger partial charge in [-0.3, -0.25) is 9.47 Å². The fourth-order valence-corrected chi connectivity index (χ4v) is 1.86. The van der Waals surface area contributed by atoms with E-state index in [1.165, 1.54) is 0 Å². The third-order valence-corrected chi connectivity index (χ3v) is 3.25. The van der Waals surface area contributed by atoms with Crippen molar-refractivity contribution in [1.82, 2.24) is 0 Å². The molecular weight excluding hydrogens is 482 g/mol. The van der Waals surface area contributed by atoms with Crippen molar-refractivity contribution in [3.05, 3.63) is 0 Å². The average molecular weight is 482 g/mol. The van der Waals surface area contributed by atoms with Crippen molar-refractivity contribution < 1.29 is 88.5 Å². The van der Waals surface area contributed by atoms with Gasteiger partial charge in [0.05, 0.1) is 0 Å². The lowest BCUT2D eigenvalue weighted by Gasteiger charge is -2.41. The van der Waals surface area contributed by atoms with E-state index in [0.29, 0.717) is 0 Å². The summed E-state index contributed by atoms with van der Waals surface area (Å²) in [6.07, 6.45) is -31.3. The van der Waals surface area contributed by atoms with Crippen LogP contribution in [0.3, 0.4) is 0 Å². The quantitative estimate of drug-likeness (QED) is 0.479. The van der Waals surface area contributed by atoms with E-state index in [0.717, 1.165) is 0 Å². The van der Waals surface area contributed by atoms with E-state index < -0.39 is 54.0 Å². The van der Waals surface area contributed by atoms with Gasteiger partial charge in [-0.15, -0.1) is 0 Å². The van der Waals surface area contributed by atoms with Gasteiger partial charge in [-0.25, -0.2) is 0 Å². The molecule has 0 aromatic carbocycles. The molecule has 0 bridgehead atoms. The highest BCUT2D eigenvalue weighted by atomic mass is 19.4. The molecule has 1 aliphatic heterocycles. The number of hydrogen-bond donors (Lipinski definition) is 0. The first-order chi connectivity index (χ1) is 12.2. The van der Waals surface area contributed by atoms with E-state index in [1.807, 2.05) is 0 Å². The minimum atomic E-state index is -8.19. The highest BCUT2D eigenvalue weighted by Crippen LogP contribution is 2.69. The van der Waals surface area contributed by atoms with Crippen LogP contribution in [0.25, 0.3) is 0 Å². The smallest absolute Gasteiger partial charge is 0.290 e. The number of ether oxygens (including phenoxy) is 2. The summed E-state index contributed by atoms with van der Waals surface area (Å²) in [4.78, 5) is 0. The molecule has 1 aliphatic rings. The van der Waals surface area contributed by atoms with Gasteiger partial charge in [0.1, 0.15) is 0 Å². The topological polar surface area (TPSA) is 18.5 Å². The minimum absolute atomic E-state index is 1.68. The van der Waals surface area contributed by atoms with Crippen LogP contribution in [0.15, 0.2) is 0 Å². The van der Waals surface area contributed by atoms with Crippen LogP contribution in [0.5, 0.6) is 0 Å². The number of rotatable bonds is 2. The molecule has 2 unspecified atom stereocenters. The van der Waals surface area contributed by atoms with Crippen molar-refractivity contribution in [3.63, 3.8) is 0 Å². The van der Waals surface area contributed by atoms with Crippen molar-refractivity contribution in [2.24, 2.45) is 0 Å². The molecule has 2 atom stereocenters. The number of hydrogen-bond acceptors (Lipinski definition) is 2. The molecule has 174 valence electrons. The van der Waals surface area contributed by atoms with Crippen LogP contribution < -0.4 is 0 Å². The van der Waals surface area contributed by atoms with Crippen LogP contribution in [0, 0.1) is 0 Å². The fourth-order valence-electron chi connectivity index (χ4n) is 1.86. The molecule has 0 saturated carbocycles. The van der Waals surface area contributed by atoms with Crippen molar-refractivity contribution in [2.45, 2.75) is 54.0 Å². The summed E-state index contributed by atoms with van der Waals surface area (Å²) < 4.78 is 233. The zero-order valence-corrected chi connectivity index (χ0v) is 12.1. The van der Waals surface area contributed by atoms with E-state index >= 15 is 0 Å². The molecule has 29 heavy (non-hydrogen) atoms. The van der Waals surface area contributed by atoms with Crippen molar-refractivity contribution in [2.75, 3.05) is 0 Å². The maximum absolute atomic E-state index is 13.7. The van der Waals surface area contributed by atoms with Gasteiger partial charge in [-0.05, 0) is 0 Å². The van der Waals surface area contributed by atoms with E-state index in [4.69, 9.17) is 0 Å². The van der Waals surface area contributed by atoms with Crippen LogP contribution >= 0.6 is 0 Å². The van der Waals surface area contributed by atoms with E-state index in [9.17, 15) is 79.0 Å². The molecule has 1 fully saturated rings. The SMILES string of the molecule is FC(F)(F)C(F)(F)C1(C(F)(F)C(F)(F)F)OC(F)(C(F)(F)F)C(F)(C(F)(F)F)O1. The summed E-state index contributed by atoms with van der Waals surface area (Å²) in [7, 11) is 0. The van der Waals surface area contributed by atoms with E-state index in [2.05, 4.69) is 0 Å². The molecule has 0 spiro atoms. The maximum Gasteiger partial charge on any atom is 0.459 e. The molecule has 1 saturated heterocycles. The Morgan fingerprint density at radius 2 is 0.621 bits per heavy atom. The van der Waals surface area contributed by atoms with Gasteiger partial charge in [-0.2, -0.15) is 79.0 Å². The van der Waals surface area contributed by atoms with Gasteiger partial charge >= 0.3 is 54.0 Å². The second-order valence-electron chi connectivity index (χ2n) is 5.15. The van der Waals surface area contributed by atoms with Crippen molar-refractivity contribution in [1.29, 1.82) is 0 Å². The molecule has 1 heterocycles. The summed E-state index contributed by atoms with van der Waals surface area (Å²) >= 11 is 0. The third kappa shape index (κ3) is 2.99. The lowest BCUT2D eigenvalue weighted by molar-refractivity contribution is -0.495. The largest absolute Gasteiger partial charge is 0.459 e. The average Bonchev–Trinajstić information content (AvgIpc) is 2.68. The number of halogens is 18. The first-order valence-electron chi connectivity index (χ1n) is 5.97. The fraction of sp³-hybridized carbons (Fsp3) is 1.00. The first-order valence-corrected chi connectivity index (χ1v) is 5.97. The van der Waals surface area contributed by atoms with Crippen LogP contribution in [0.2, 0.25) is 0 Å². The second-order valence-corrected chi connectivity index (χ2v) is 5.15. The molecular formula is C9F18O2. The predicted octanol–water partition coefficient (Wildman–Crippen LogP) is 5.58. The molecule has 0 aromatic rings. The molecule has 2 nitrogen and oxygen atoms in total. The first kappa shape index (κ1) is 25.7. The molecule has 1 rings (SSSR count). The van der Waals surface area contributed by atoms with E-state index in [-0.39, 0.29) is 0 Å². The zero-order valence-electron chi connectivity index (χ0n) is 12.1. The van der Waals surface area contributed by atoms with Crippen LogP contribution in [0.4, 0.5) is 79.0 Å². The molecule has 0 aliphatic carbocycles. The van der Waals surface area contributed by atoms with Gasteiger partial charge < -0.3 is 0 Å². The highest BCUT2D eigenvalue weighted by molar-refractivity contribution is 5.15. The standard InChI is InChI=1S/C9F18O2/c10-1(11,6(16,17)18)5(2(12,13)7(19,20)21)28-3(14,8(22,23)24)4(15,29-5)9(25,26)27. The molecule has 0 N–H and O–H groups in total. The normalized spacial score (nSPS) is 30.0. The van der Waals surface area contributed by atoms with Gasteiger partial charge in [0.2, 0.25) is 0 Å². The van der Waals surface area contributed by atoms with Gasteiger partial charge in [0.15, 0.2) is 0 Å². The molecule has 20 heteroatoms. The Morgan fingerprint density at radius 3 is 0.759 bits per heavy atom. The second kappa shape index (κ2) is 5.88. The molecule has 0 amide bonds. The van der Waals surface area contributed by atoms with Gasteiger partial charge in [0, 0.05) is 0 Å². The van der Waals surface area contributed by atoms with Crippen molar-refractivity contribution in [3.8, 4) is 0 Å². The summed E-state index contributed by atoms with van der Waals surface area (Å²) in [6, 6.07) is 0. The summed E-state index contributed by atoms with van der Waals surface area (Å²) in [6.45, 7) is 0. The predicted molar refractivity (Wildman–Crippen MR) is 46.7 cm³/mol. The van der Waals surface area contributed by atoms with Crippen LogP contribution in [-0.4, -0.2) is 54.0 Å². The lowest BCUT2D eigenvalue weighted by atomic mass is 9.99. The summed E-state index contributed by atoms with van der Waals surface area (Å²) in [5.41, 5.74) is 0. The number of alkyl halides is 18. The Balaban J connectivity index is 4.12. The Morgan fingerprint density at radius 1 is 0.414 bits per heavy atom. The van der Waals surface area contributed by atoms with Crippen LogP contribution in [0.1, 0.15) is 0 Å². The molecule has 0 aromatic heterocycles. The Bertz CT molecular complexity index is 582. The van der Waals surface area contributed by atoms with Crippen molar-refractivity contribution >= 4 is 0 Å². The summed E-state index contributed by atoms with van der Waals surface area (Å²) in [5, 5.41) is 0. The Labute approximate surface area is 144 Å². The third-order valence-electron chi connectivity index (χ3n) is 3.25. The lowest BCUT2D eigenvalue weighted by Crippen LogP contribution is -2.71. The maximum atomic E-state index is 13.7. The Kier molecular flexibility index (Phi) is 5.21. The molecule has 0 radical (unpaired) electrons. The van der Waals surface area contributed by atoms with Gasteiger partial charge in [0.25, 0.3) is 0 Å². The van der Waals surface area contributed by atoms with E-state index in [1.54, 1.807) is 9.47 Å². The van der Waals surface area contributed by atoms with Crippen LogP contribution in [-0.2, 0) is 9.47 Å². The van der Waals surface area contributed by atoms with Gasteiger partial charge in [-0.1, -0.05) is 0 Å².